The van der Waals surface area contributed by atoms with Crippen molar-refractivity contribution in [3.63, 3.8) is 0 Å². The first-order chi connectivity index (χ1) is 13.0. The average Bonchev–Trinajstić information content (AvgIpc) is 2.65. The van der Waals surface area contributed by atoms with E-state index in [1.807, 2.05) is 11.8 Å². The van der Waals surface area contributed by atoms with E-state index in [2.05, 4.69) is 9.97 Å². The van der Waals surface area contributed by atoms with Gasteiger partial charge in [0.1, 0.15) is 24.5 Å². The van der Waals surface area contributed by atoms with Crippen LogP contribution in [0.2, 0.25) is 0 Å². The highest BCUT2D eigenvalue weighted by Crippen LogP contribution is 2.25. The minimum atomic E-state index is -0.993. The molecule has 144 valence electrons. The monoisotopic (exact) mass is 378 g/mol. The lowest BCUT2D eigenvalue weighted by molar-refractivity contribution is -0.137. The molecule has 3 rings (SSSR count). The molecule has 1 amide bonds. The van der Waals surface area contributed by atoms with Crippen LogP contribution >= 0.6 is 0 Å². The Morgan fingerprint density at radius 1 is 1.22 bits per heavy atom. The fraction of sp³-hybridized carbons (Fsp3) is 0.389. The SMILES string of the molecule is COCC(=O)N1CCN(c2cc(Oc3ccc(F)c(F)c3)ncn2)C[C@@H]1C. The Morgan fingerprint density at radius 3 is 2.74 bits per heavy atom. The number of aromatic nitrogens is 2. The molecule has 0 spiro atoms. The molecule has 2 heterocycles. The van der Waals surface area contributed by atoms with Crippen molar-refractivity contribution < 1.29 is 23.0 Å². The number of anilines is 1. The normalized spacial score (nSPS) is 17.1. The molecule has 1 aliphatic heterocycles. The van der Waals surface area contributed by atoms with Crippen molar-refractivity contribution in [3.05, 3.63) is 42.2 Å². The fourth-order valence-electron chi connectivity index (χ4n) is 2.96. The summed E-state index contributed by atoms with van der Waals surface area (Å²) in [5, 5.41) is 0. The number of piperazine rings is 1. The molecule has 1 saturated heterocycles. The van der Waals surface area contributed by atoms with E-state index in [1.165, 1.54) is 19.5 Å². The Hall–Kier alpha value is -2.81. The van der Waals surface area contributed by atoms with Crippen molar-refractivity contribution in [1.82, 2.24) is 14.9 Å². The number of benzene rings is 1. The minimum Gasteiger partial charge on any atom is -0.439 e. The lowest BCUT2D eigenvalue weighted by atomic mass is 10.2. The molecule has 1 aromatic heterocycles. The molecule has 27 heavy (non-hydrogen) atoms. The topological polar surface area (TPSA) is 67.8 Å². The lowest BCUT2D eigenvalue weighted by Gasteiger charge is -2.40. The number of amides is 1. The Balaban J connectivity index is 1.69. The van der Waals surface area contributed by atoms with Crippen LogP contribution < -0.4 is 9.64 Å². The summed E-state index contributed by atoms with van der Waals surface area (Å²) in [6.45, 7) is 3.76. The molecular formula is C18H20F2N4O3. The summed E-state index contributed by atoms with van der Waals surface area (Å²) in [6.07, 6.45) is 1.34. The molecule has 1 aliphatic rings. The molecule has 7 nitrogen and oxygen atoms in total. The third-order valence-corrected chi connectivity index (χ3v) is 4.28. The first-order valence-electron chi connectivity index (χ1n) is 8.46. The van der Waals surface area contributed by atoms with E-state index in [1.54, 1.807) is 11.0 Å². The van der Waals surface area contributed by atoms with Gasteiger partial charge < -0.3 is 19.3 Å². The maximum atomic E-state index is 13.3. The Labute approximate surface area is 155 Å². The molecule has 0 saturated carbocycles. The van der Waals surface area contributed by atoms with Crippen LogP contribution in [0, 0.1) is 11.6 Å². The number of nitrogens with zero attached hydrogens (tertiary/aromatic N) is 4. The van der Waals surface area contributed by atoms with E-state index in [-0.39, 0.29) is 30.2 Å². The molecule has 1 fully saturated rings. The molecule has 9 heteroatoms. The van der Waals surface area contributed by atoms with Gasteiger partial charge in [0.25, 0.3) is 0 Å². The zero-order valence-corrected chi connectivity index (χ0v) is 15.1. The van der Waals surface area contributed by atoms with Crippen molar-refractivity contribution in [3.8, 4) is 11.6 Å². The van der Waals surface area contributed by atoms with E-state index in [0.29, 0.717) is 25.5 Å². The summed E-state index contributed by atoms with van der Waals surface area (Å²) in [6, 6.07) is 4.89. The van der Waals surface area contributed by atoms with E-state index in [4.69, 9.17) is 9.47 Å². The largest absolute Gasteiger partial charge is 0.439 e. The quantitative estimate of drug-likeness (QED) is 0.795. The molecule has 1 atom stereocenters. The van der Waals surface area contributed by atoms with Gasteiger partial charge >= 0.3 is 0 Å². The second-order valence-electron chi connectivity index (χ2n) is 6.21. The third kappa shape index (κ3) is 4.48. The van der Waals surface area contributed by atoms with Gasteiger partial charge in [-0.1, -0.05) is 0 Å². The van der Waals surface area contributed by atoms with E-state index in [0.717, 1.165) is 12.1 Å². The highest BCUT2D eigenvalue weighted by atomic mass is 19.2. The van der Waals surface area contributed by atoms with Crippen LogP contribution in [0.3, 0.4) is 0 Å². The van der Waals surface area contributed by atoms with E-state index >= 15 is 0 Å². The molecule has 1 aromatic carbocycles. The number of ether oxygens (including phenoxy) is 2. The summed E-state index contributed by atoms with van der Waals surface area (Å²) in [7, 11) is 1.49. The second-order valence-corrected chi connectivity index (χ2v) is 6.21. The summed E-state index contributed by atoms with van der Waals surface area (Å²) in [5.41, 5.74) is 0. The van der Waals surface area contributed by atoms with Crippen molar-refractivity contribution in [2.24, 2.45) is 0 Å². The van der Waals surface area contributed by atoms with Crippen LogP contribution in [0.15, 0.2) is 30.6 Å². The predicted molar refractivity (Wildman–Crippen MR) is 93.7 cm³/mol. The zero-order chi connectivity index (χ0) is 19.4. The third-order valence-electron chi connectivity index (χ3n) is 4.28. The van der Waals surface area contributed by atoms with Crippen LogP contribution in [0.1, 0.15) is 6.92 Å². The molecule has 0 radical (unpaired) electrons. The van der Waals surface area contributed by atoms with Gasteiger partial charge in [-0.15, -0.1) is 0 Å². The van der Waals surface area contributed by atoms with Gasteiger partial charge in [0.05, 0.1) is 0 Å². The van der Waals surface area contributed by atoms with Gasteiger partial charge in [0, 0.05) is 44.9 Å². The molecule has 0 N–H and O–H groups in total. The summed E-state index contributed by atoms with van der Waals surface area (Å²) >= 11 is 0. The van der Waals surface area contributed by atoms with Gasteiger partial charge in [-0.25, -0.2) is 18.7 Å². The molecule has 0 bridgehead atoms. The summed E-state index contributed by atoms with van der Waals surface area (Å²) in [4.78, 5) is 24.1. The lowest BCUT2D eigenvalue weighted by Crippen LogP contribution is -2.55. The second kappa shape index (κ2) is 8.26. The molecule has 0 aliphatic carbocycles. The Morgan fingerprint density at radius 2 is 2.04 bits per heavy atom. The van der Waals surface area contributed by atoms with Crippen molar-refractivity contribution >= 4 is 11.7 Å². The average molecular weight is 378 g/mol. The van der Waals surface area contributed by atoms with Crippen LogP contribution in [0.4, 0.5) is 14.6 Å². The minimum absolute atomic E-state index is 0.00747. The molecule has 2 aromatic rings. The number of halogens is 2. The van der Waals surface area contributed by atoms with Crippen LogP contribution in [0.25, 0.3) is 0 Å². The van der Waals surface area contributed by atoms with Crippen LogP contribution in [0.5, 0.6) is 11.6 Å². The highest BCUT2D eigenvalue weighted by Gasteiger charge is 2.28. The standard InChI is InChI=1S/C18H20F2N4O3/c1-12-9-23(5-6-24(12)18(25)10-26-2)16-8-17(22-11-21-16)27-13-3-4-14(19)15(20)7-13/h3-4,7-8,11-12H,5-6,9-10H2,1-2H3/t12-/m0/s1. The van der Waals surface area contributed by atoms with Crippen LogP contribution in [-0.2, 0) is 9.53 Å². The summed E-state index contributed by atoms with van der Waals surface area (Å²) < 4.78 is 36.7. The summed E-state index contributed by atoms with van der Waals surface area (Å²) in [5.74, 6) is -0.991. The maximum Gasteiger partial charge on any atom is 0.248 e. The number of hydrogen-bond donors (Lipinski definition) is 0. The van der Waals surface area contributed by atoms with Gasteiger partial charge in [0.15, 0.2) is 11.6 Å². The van der Waals surface area contributed by atoms with Crippen molar-refractivity contribution in [2.75, 3.05) is 38.3 Å². The van der Waals surface area contributed by atoms with Crippen molar-refractivity contribution in [1.29, 1.82) is 0 Å². The Kier molecular flexibility index (Phi) is 5.80. The smallest absolute Gasteiger partial charge is 0.248 e. The first-order valence-corrected chi connectivity index (χ1v) is 8.46. The maximum absolute atomic E-state index is 13.3. The van der Waals surface area contributed by atoms with Gasteiger partial charge in [0.2, 0.25) is 11.8 Å². The van der Waals surface area contributed by atoms with E-state index in [9.17, 15) is 13.6 Å². The van der Waals surface area contributed by atoms with E-state index < -0.39 is 11.6 Å². The number of carbonyl (C=O) groups is 1. The van der Waals surface area contributed by atoms with Crippen molar-refractivity contribution in [2.45, 2.75) is 13.0 Å². The fourth-order valence-corrected chi connectivity index (χ4v) is 2.96. The van der Waals surface area contributed by atoms with Gasteiger partial charge in [-0.05, 0) is 19.1 Å². The van der Waals surface area contributed by atoms with Gasteiger partial charge in [-0.2, -0.15) is 0 Å². The number of methoxy groups -OCH3 is 1. The predicted octanol–water partition coefficient (Wildman–Crippen LogP) is 2.23. The number of carbonyl (C=O) groups excluding carboxylic acids is 1. The Bertz CT molecular complexity index is 821. The molecular weight excluding hydrogens is 358 g/mol. The number of rotatable bonds is 5. The van der Waals surface area contributed by atoms with Gasteiger partial charge in [-0.3, -0.25) is 4.79 Å². The zero-order valence-electron chi connectivity index (χ0n) is 15.1. The highest BCUT2D eigenvalue weighted by molar-refractivity contribution is 5.78. The first kappa shape index (κ1) is 19.0. The molecule has 0 unspecified atom stereocenters. The van der Waals surface area contributed by atoms with Crippen LogP contribution in [-0.4, -0.2) is 60.2 Å². The number of hydrogen-bond acceptors (Lipinski definition) is 6.